The predicted octanol–water partition coefficient (Wildman–Crippen LogP) is 1.86. The number of benzene rings is 1. The van der Waals surface area contributed by atoms with Crippen LogP contribution in [-0.4, -0.2) is 30.2 Å². The average molecular weight is 212 g/mol. The summed E-state index contributed by atoms with van der Waals surface area (Å²) in [5.74, 6) is 0. The first-order valence-electron chi connectivity index (χ1n) is 4.72. The van der Waals surface area contributed by atoms with E-state index in [1.165, 1.54) is 5.56 Å². The van der Waals surface area contributed by atoms with Crippen LogP contribution in [0.3, 0.4) is 0 Å². The molecule has 3 heteroatoms. The highest BCUT2D eigenvalue weighted by atomic mass is 35.5. The Hall–Kier alpha value is -0.570. The van der Waals surface area contributed by atoms with Gasteiger partial charge in [0.25, 0.3) is 0 Å². The molecule has 1 N–H and O–H groups in total. The maximum atomic E-state index is 9.89. The van der Waals surface area contributed by atoms with Gasteiger partial charge in [0, 0.05) is 11.4 Å². The topological polar surface area (TPSA) is 23.5 Å². The standard InChI is InChI=1S/C11H14ClNO/c1-13(2)11-9-6-8(12)4-3-7(9)5-10(11)14/h3-4,6,10-11,14H,5H2,1-2H3. The van der Waals surface area contributed by atoms with Crippen LogP contribution in [0.1, 0.15) is 17.2 Å². The molecular formula is C11H14ClNO. The summed E-state index contributed by atoms with van der Waals surface area (Å²) < 4.78 is 0. The van der Waals surface area contributed by atoms with Crippen LogP contribution in [0.4, 0.5) is 0 Å². The lowest BCUT2D eigenvalue weighted by Crippen LogP contribution is -2.27. The fourth-order valence-electron chi connectivity index (χ4n) is 2.19. The Morgan fingerprint density at radius 3 is 2.79 bits per heavy atom. The van der Waals surface area contributed by atoms with Crippen molar-refractivity contribution < 1.29 is 5.11 Å². The number of rotatable bonds is 1. The van der Waals surface area contributed by atoms with Gasteiger partial charge in [0.2, 0.25) is 0 Å². The summed E-state index contributed by atoms with van der Waals surface area (Å²) in [6.45, 7) is 0. The Labute approximate surface area is 89.1 Å². The Balaban J connectivity index is 2.44. The molecule has 0 spiro atoms. The van der Waals surface area contributed by atoms with Crippen LogP contribution in [0, 0.1) is 0 Å². The van der Waals surface area contributed by atoms with Crippen molar-refractivity contribution in [3.05, 3.63) is 34.3 Å². The van der Waals surface area contributed by atoms with Crippen LogP contribution in [0.15, 0.2) is 18.2 Å². The van der Waals surface area contributed by atoms with Crippen molar-refractivity contribution in [2.45, 2.75) is 18.6 Å². The molecule has 0 bridgehead atoms. The quantitative estimate of drug-likeness (QED) is 0.767. The first-order valence-corrected chi connectivity index (χ1v) is 5.10. The second-order valence-corrected chi connectivity index (χ2v) is 4.46. The number of likely N-dealkylation sites (N-methyl/N-ethyl adjacent to an activating group) is 1. The van der Waals surface area contributed by atoms with E-state index in [-0.39, 0.29) is 12.1 Å². The molecule has 0 aliphatic heterocycles. The second kappa shape index (κ2) is 3.54. The maximum absolute atomic E-state index is 9.89. The summed E-state index contributed by atoms with van der Waals surface area (Å²) in [4.78, 5) is 2.03. The fraction of sp³-hybridized carbons (Fsp3) is 0.455. The molecule has 14 heavy (non-hydrogen) atoms. The molecule has 1 aromatic rings. The van der Waals surface area contributed by atoms with E-state index in [1.54, 1.807) is 0 Å². The van der Waals surface area contributed by atoms with Gasteiger partial charge in [-0.2, -0.15) is 0 Å². The fourth-order valence-corrected chi connectivity index (χ4v) is 2.37. The van der Waals surface area contributed by atoms with Gasteiger partial charge in [0.05, 0.1) is 12.1 Å². The molecule has 2 unspecified atom stereocenters. The van der Waals surface area contributed by atoms with E-state index < -0.39 is 0 Å². The lowest BCUT2D eigenvalue weighted by molar-refractivity contribution is 0.0902. The average Bonchev–Trinajstić information content (AvgIpc) is 2.40. The monoisotopic (exact) mass is 211 g/mol. The van der Waals surface area contributed by atoms with Gasteiger partial charge >= 0.3 is 0 Å². The van der Waals surface area contributed by atoms with Crippen molar-refractivity contribution in [3.63, 3.8) is 0 Å². The van der Waals surface area contributed by atoms with Crippen molar-refractivity contribution in [3.8, 4) is 0 Å². The van der Waals surface area contributed by atoms with Crippen LogP contribution in [0.25, 0.3) is 0 Å². The van der Waals surface area contributed by atoms with Crippen molar-refractivity contribution >= 4 is 11.6 Å². The Morgan fingerprint density at radius 2 is 2.14 bits per heavy atom. The van der Waals surface area contributed by atoms with Gasteiger partial charge < -0.3 is 10.0 Å². The van der Waals surface area contributed by atoms with Gasteiger partial charge in [-0.05, 0) is 37.4 Å². The minimum atomic E-state index is -0.307. The summed E-state index contributed by atoms with van der Waals surface area (Å²) in [6, 6.07) is 5.93. The molecule has 0 radical (unpaired) electrons. The van der Waals surface area contributed by atoms with Crippen molar-refractivity contribution in [1.82, 2.24) is 4.90 Å². The highest BCUT2D eigenvalue weighted by molar-refractivity contribution is 6.30. The van der Waals surface area contributed by atoms with E-state index in [0.29, 0.717) is 0 Å². The second-order valence-electron chi connectivity index (χ2n) is 4.02. The number of hydrogen-bond donors (Lipinski definition) is 1. The van der Waals surface area contributed by atoms with Crippen LogP contribution in [0.5, 0.6) is 0 Å². The Bertz CT molecular complexity index is 351. The normalized spacial score (nSPS) is 25.5. The summed E-state index contributed by atoms with van der Waals surface area (Å²) in [5.41, 5.74) is 2.37. The molecule has 0 fully saturated rings. The summed E-state index contributed by atoms with van der Waals surface area (Å²) in [7, 11) is 3.95. The minimum Gasteiger partial charge on any atom is -0.391 e. The van der Waals surface area contributed by atoms with Gasteiger partial charge in [-0.3, -0.25) is 0 Å². The van der Waals surface area contributed by atoms with E-state index in [0.717, 1.165) is 17.0 Å². The molecule has 0 saturated carbocycles. The molecule has 1 aliphatic carbocycles. The molecule has 2 nitrogen and oxygen atoms in total. The van der Waals surface area contributed by atoms with Gasteiger partial charge in [0.15, 0.2) is 0 Å². The van der Waals surface area contributed by atoms with E-state index >= 15 is 0 Å². The van der Waals surface area contributed by atoms with E-state index in [1.807, 2.05) is 37.2 Å². The molecule has 2 rings (SSSR count). The maximum Gasteiger partial charge on any atom is 0.0777 e. The van der Waals surface area contributed by atoms with Gasteiger partial charge in [-0.1, -0.05) is 17.7 Å². The highest BCUT2D eigenvalue weighted by Crippen LogP contribution is 2.36. The number of nitrogens with zero attached hydrogens (tertiary/aromatic N) is 1. The molecule has 76 valence electrons. The molecule has 0 heterocycles. The predicted molar refractivity (Wildman–Crippen MR) is 57.6 cm³/mol. The van der Waals surface area contributed by atoms with E-state index in [9.17, 15) is 5.11 Å². The number of hydrogen-bond acceptors (Lipinski definition) is 2. The zero-order valence-corrected chi connectivity index (χ0v) is 9.12. The Kier molecular flexibility index (Phi) is 2.52. The smallest absolute Gasteiger partial charge is 0.0777 e. The molecule has 0 amide bonds. The van der Waals surface area contributed by atoms with E-state index in [2.05, 4.69) is 0 Å². The zero-order chi connectivity index (χ0) is 10.3. The molecular weight excluding hydrogens is 198 g/mol. The lowest BCUT2D eigenvalue weighted by Gasteiger charge is -2.23. The summed E-state index contributed by atoms with van der Waals surface area (Å²) in [6.07, 6.45) is 0.425. The highest BCUT2D eigenvalue weighted by Gasteiger charge is 2.32. The number of halogens is 1. The molecule has 1 aliphatic rings. The van der Waals surface area contributed by atoms with Crippen molar-refractivity contribution in [2.75, 3.05) is 14.1 Å². The summed E-state index contributed by atoms with van der Waals surface area (Å²) in [5, 5.41) is 10.6. The molecule has 1 aromatic carbocycles. The SMILES string of the molecule is CN(C)C1c2cc(Cl)ccc2CC1O. The largest absolute Gasteiger partial charge is 0.391 e. The molecule has 2 atom stereocenters. The number of aliphatic hydroxyl groups excluding tert-OH is 1. The zero-order valence-electron chi connectivity index (χ0n) is 8.37. The Morgan fingerprint density at radius 1 is 1.43 bits per heavy atom. The lowest BCUT2D eigenvalue weighted by atomic mass is 10.1. The molecule has 0 saturated heterocycles. The first-order chi connectivity index (χ1) is 6.59. The van der Waals surface area contributed by atoms with Crippen LogP contribution in [-0.2, 0) is 6.42 Å². The number of fused-ring (bicyclic) bond motifs is 1. The van der Waals surface area contributed by atoms with Crippen LogP contribution in [0.2, 0.25) is 5.02 Å². The van der Waals surface area contributed by atoms with Gasteiger partial charge in [-0.15, -0.1) is 0 Å². The van der Waals surface area contributed by atoms with E-state index in [4.69, 9.17) is 11.6 Å². The van der Waals surface area contributed by atoms with Crippen LogP contribution >= 0.6 is 11.6 Å². The minimum absolute atomic E-state index is 0.0868. The van der Waals surface area contributed by atoms with Crippen molar-refractivity contribution in [2.24, 2.45) is 0 Å². The summed E-state index contributed by atoms with van der Waals surface area (Å²) >= 11 is 5.94. The van der Waals surface area contributed by atoms with Gasteiger partial charge in [-0.25, -0.2) is 0 Å². The third kappa shape index (κ3) is 1.54. The van der Waals surface area contributed by atoms with Crippen LogP contribution < -0.4 is 0 Å². The first kappa shape index (κ1) is 9.97. The van der Waals surface area contributed by atoms with Gasteiger partial charge in [0.1, 0.15) is 0 Å². The third-order valence-electron chi connectivity index (χ3n) is 2.78. The van der Waals surface area contributed by atoms with Crippen molar-refractivity contribution in [1.29, 1.82) is 0 Å². The number of aliphatic hydroxyl groups is 1. The molecule has 0 aromatic heterocycles. The third-order valence-corrected chi connectivity index (χ3v) is 3.01.